The van der Waals surface area contributed by atoms with Crippen LogP contribution in [0.1, 0.15) is 37.0 Å². The highest BCUT2D eigenvalue weighted by Crippen LogP contribution is 2.10. The normalized spacial score (nSPS) is 11.0. The molecule has 1 aromatic carbocycles. The standard InChI is InChI=1S/C13H15ClN2O3/c1-3-4-12(14)16-19-13(18)15-11-7-5-10(6-8-11)9(2)17/h5-8H,3-4H2,1-2H3,(H,15,18)/b16-12+. The van der Waals surface area contributed by atoms with Gasteiger partial charge in [0.1, 0.15) is 5.17 Å². The number of nitrogens with zero attached hydrogens (tertiary/aromatic N) is 1. The number of ketones is 1. The average Bonchev–Trinajstić information content (AvgIpc) is 2.37. The lowest BCUT2D eigenvalue weighted by atomic mass is 10.1. The van der Waals surface area contributed by atoms with Gasteiger partial charge in [-0.1, -0.05) is 23.7 Å². The van der Waals surface area contributed by atoms with Crippen LogP contribution in [0.2, 0.25) is 0 Å². The number of oxime groups is 1. The van der Waals surface area contributed by atoms with E-state index in [2.05, 4.69) is 15.3 Å². The molecule has 0 spiro atoms. The van der Waals surface area contributed by atoms with E-state index in [-0.39, 0.29) is 11.0 Å². The molecular formula is C13H15ClN2O3. The molecule has 1 N–H and O–H groups in total. The van der Waals surface area contributed by atoms with Crippen LogP contribution in [0.5, 0.6) is 0 Å². The van der Waals surface area contributed by atoms with Gasteiger partial charge in [0.15, 0.2) is 5.78 Å². The van der Waals surface area contributed by atoms with Crippen molar-refractivity contribution in [1.82, 2.24) is 0 Å². The highest BCUT2D eigenvalue weighted by molar-refractivity contribution is 6.65. The molecule has 5 nitrogen and oxygen atoms in total. The molecule has 19 heavy (non-hydrogen) atoms. The molecule has 0 unspecified atom stereocenters. The zero-order chi connectivity index (χ0) is 14.3. The number of anilines is 1. The maximum Gasteiger partial charge on any atom is 0.437 e. The van der Waals surface area contributed by atoms with Gasteiger partial charge in [0.05, 0.1) is 0 Å². The van der Waals surface area contributed by atoms with Gasteiger partial charge in [-0.15, -0.1) is 0 Å². The maximum atomic E-state index is 11.4. The van der Waals surface area contributed by atoms with Gasteiger partial charge in [0.2, 0.25) is 0 Å². The fraction of sp³-hybridized carbons (Fsp3) is 0.308. The summed E-state index contributed by atoms with van der Waals surface area (Å²) in [6, 6.07) is 6.45. The zero-order valence-electron chi connectivity index (χ0n) is 10.8. The summed E-state index contributed by atoms with van der Waals surface area (Å²) in [5, 5.41) is 6.18. The molecule has 0 atom stereocenters. The number of rotatable bonds is 5. The maximum absolute atomic E-state index is 11.4. The van der Waals surface area contributed by atoms with Crippen molar-refractivity contribution in [1.29, 1.82) is 0 Å². The van der Waals surface area contributed by atoms with Gasteiger partial charge in [-0.05, 0) is 37.6 Å². The number of hydrogen-bond acceptors (Lipinski definition) is 4. The van der Waals surface area contributed by atoms with Gasteiger partial charge in [-0.25, -0.2) is 4.79 Å². The predicted molar refractivity (Wildman–Crippen MR) is 74.7 cm³/mol. The van der Waals surface area contributed by atoms with Crippen molar-refractivity contribution in [2.24, 2.45) is 5.16 Å². The van der Waals surface area contributed by atoms with Crippen molar-refractivity contribution in [3.63, 3.8) is 0 Å². The summed E-state index contributed by atoms with van der Waals surface area (Å²) in [7, 11) is 0. The molecule has 0 aliphatic carbocycles. The molecule has 0 saturated carbocycles. The summed E-state index contributed by atoms with van der Waals surface area (Å²) in [4.78, 5) is 27.0. The number of nitrogens with one attached hydrogen (secondary N) is 1. The second kappa shape index (κ2) is 7.53. The Morgan fingerprint density at radius 1 is 1.32 bits per heavy atom. The Kier molecular flexibility index (Phi) is 6.02. The number of carbonyl (C=O) groups is 2. The first-order chi connectivity index (χ1) is 9.02. The molecule has 0 aliphatic heterocycles. The molecule has 1 amide bonds. The number of carbonyl (C=O) groups excluding carboxylic acids is 2. The molecule has 6 heteroatoms. The summed E-state index contributed by atoms with van der Waals surface area (Å²) in [6.07, 6.45) is 0.645. The molecule has 0 aliphatic rings. The average molecular weight is 283 g/mol. The molecular weight excluding hydrogens is 268 g/mol. The lowest BCUT2D eigenvalue weighted by Gasteiger charge is -2.03. The quantitative estimate of drug-likeness (QED) is 0.387. The first-order valence-electron chi connectivity index (χ1n) is 5.84. The Bertz CT molecular complexity index is 483. The van der Waals surface area contributed by atoms with E-state index in [4.69, 9.17) is 11.6 Å². The number of amides is 1. The highest BCUT2D eigenvalue weighted by Gasteiger charge is 2.05. The van der Waals surface area contributed by atoms with Crippen LogP contribution in [0.3, 0.4) is 0 Å². The van der Waals surface area contributed by atoms with Gasteiger partial charge >= 0.3 is 6.09 Å². The monoisotopic (exact) mass is 282 g/mol. The van der Waals surface area contributed by atoms with E-state index in [1.54, 1.807) is 24.3 Å². The summed E-state index contributed by atoms with van der Waals surface area (Å²) in [5.74, 6) is -0.0370. The van der Waals surface area contributed by atoms with Gasteiger partial charge < -0.3 is 0 Å². The summed E-state index contributed by atoms with van der Waals surface area (Å²) < 4.78 is 0. The van der Waals surface area contributed by atoms with Crippen LogP contribution in [0.4, 0.5) is 10.5 Å². The van der Waals surface area contributed by atoms with Crippen molar-refractivity contribution in [3.05, 3.63) is 29.8 Å². The molecule has 0 fully saturated rings. The molecule has 0 bridgehead atoms. The largest absolute Gasteiger partial charge is 0.437 e. The number of Topliss-reactive ketones (excluding diaryl/α,β-unsaturated/α-hetero) is 1. The van der Waals surface area contributed by atoms with Crippen molar-refractivity contribution < 1.29 is 14.4 Å². The second-order valence-electron chi connectivity index (χ2n) is 3.85. The van der Waals surface area contributed by atoms with E-state index in [1.807, 2.05) is 6.92 Å². The lowest BCUT2D eigenvalue weighted by Crippen LogP contribution is -2.11. The Morgan fingerprint density at radius 3 is 2.47 bits per heavy atom. The SMILES string of the molecule is CCC/C(Cl)=N\OC(=O)Nc1ccc(C(C)=O)cc1. The number of benzene rings is 1. The summed E-state index contributed by atoms with van der Waals surface area (Å²) in [5.41, 5.74) is 1.08. The minimum absolute atomic E-state index is 0.0370. The van der Waals surface area contributed by atoms with Crippen LogP contribution in [-0.2, 0) is 4.84 Å². The molecule has 0 aromatic heterocycles. The number of halogens is 1. The van der Waals surface area contributed by atoms with E-state index in [0.717, 1.165) is 6.42 Å². The van der Waals surface area contributed by atoms with E-state index in [0.29, 0.717) is 17.7 Å². The summed E-state index contributed by atoms with van der Waals surface area (Å²) >= 11 is 5.69. The zero-order valence-corrected chi connectivity index (χ0v) is 11.5. The first-order valence-corrected chi connectivity index (χ1v) is 6.22. The van der Waals surface area contributed by atoms with Crippen LogP contribution in [0, 0.1) is 0 Å². The van der Waals surface area contributed by atoms with Crippen molar-refractivity contribution in [2.75, 3.05) is 5.32 Å². The van der Waals surface area contributed by atoms with Crippen molar-refractivity contribution in [3.8, 4) is 0 Å². The molecule has 0 saturated heterocycles. The molecule has 0 radical (unpaired) electrons. The van der Waals surface area contributed by atoms with Crippen molar-refractivity contribution in [2.45, 2.75) is 26.7 Å². The molecule has 102 valence electrons. The third-order valence-electron chi connectivity index (χ3n) is 2.22. The van der Waals surface area contributed by atoms with Crippen LogP contribution < -0.4 is 5.32 Å². The highest BCUT2D eigenvalue weighted by atomic mass is 35.5. The molecule has 1 aromatic rings. The third kappa shape index (κ3) is 5.52. The van der Waals surface area contributed by atoms with Gasteiger partial charge in [-0.2, -0.15) is 0 Å². The van der Waals surface area contributed by atoms with Gasteiger partial charge in [0, 0.05) is 17.7 Å². The topological polar surface area (TPSA) is 67.8 Å². The van der Waals surface area contributed by atoms with E-state index in [9.17, 15) is 9.59 Å². The van der Waals surface area contributed by atoms with E-state index in [1.165, 1.54) is 6.92 Å². The van der Waals surface area contributed by atoms with Crippen molar-refractivity contribution >= 4 is 34.3 Å². The Balaban J connectivity index is 2.53. The van der Waals surface area contributed by atoms with Crippen LogP contribution in [0.15, 0.2) is 29.4 Å². The first kappa shape index (κ1) is 15.2. The smallest absolute Gasteiger partial charge is 0.297 e. The van der Waals surface area contributed by atoms with Gasteiger partial charge in [-0.3, -0.25) is 14.9 Å². The third-order valence-corrected chi connectivity index (χ3v) is 2.48. The fourth-order valence-corrected chi connectivity index (χ4v) is 1.50. The fourth-order valence-electron chi connectivity index (χ4n) is 1.27. The Hall–Kier alpha value is -1.88. The van der Waals surface area contributed by atoms with Crippen LogP contribution in [-0.4, -0.2) is 17.0 Å². The lowest BCUT2D eigenvalue weighted by molar-refractivity contribution is 0.101. The number of hydrogen-bond donors (Lipinski definition) is 1. The second-order valence-corrected chi connectivity index (χ2v) is 4.29. The van der Waals surface area contributed by atoms with E-state index >= 15 is 0 Å². The molecule has 1 rings (SSSR count). The Labute approximate surface area is 116 Å². The Morgan fingerprint density at radius 2 is 1.95 bits per heavy atom. The van der Waals surface area contributed by atoms with Crippen LogP contribution in [0.25, 0.3) is 0 Å². The minimum Gasteiger partial charge on any atom is -0.297 e. The van der Waals surface area contributed by atoms with Gasteiger partial charge in [0.25, 0.3) is 0 Å². The van der Waals surface area contributed by atoms with E-state index < -0.39 is 6.09 Å². The summed E-state index contributed by atoms with van der Waals surface area (Å²) in [6.45, 7) is 3.41. The molecule has 0 heterocycles. The van der Waals surface area contributed by atoms with Crippen LogP contribution >= 0.6 is 11.6 Å². The predicted octanol–water partition coefficient (Wildman–Crippen LogP) is 3.79. The minimum atomic E-state index is -0.732.